The third-order valence-electron chi connectivity index (χ3n) is 5.82. The number of benzene rings is 2. The fraction of sp³-hybridized carbons (Fsp3) is 0.571. The molecule has 0 amide bonds. The zero-order valence-corrected chi connectivity index (χ0v) is 22.0. The van der Waals surface area contributed by atoms with E-state index in [1.807, 2.05) is 31.2 Å². The molecule has 0 aliphatic carbocycles. The van der Waals surface area contributed by atoms with Crippen LogP contribution in [0.4, 0.5) is 0 Å². The fourth-order valence-electron chi connectivity index (χ4n) is 3.62. The molecule has 0 aliphatic rings. The number of nitrogens with two attached hydrogens (primary N) is 1. The largest absolute Gasteiger partial charge is 0.491 e. The molecule has 0 bridgehead atoms. The molecular formula is C28H45N3O4. The van der Waals surface area contributed by atoms with Crippen molar-refractivity contribution in [3.8, 4) is 11.5 Å². The van der Waals surface area contributed by atoms with Crippen molar-refractivity contribution in [2.45, 2.75) is 58.3 Å². The third kappa shape index (κ3) is 10.5. The van der Waals surface area contributed by atoms with Gasteiger partial charge in [-0.1, -0.05) is 52.0 Å². The van der Waals surface area contributed by atoms with Crippen molar-refractivity contribution in [1.29, 1.82) is 0 Å². The van der Waals surface area contributed by atoms with Gasteiger partial charge >= 0.3 is 0 Å². The van der Waals surface area contributed by atoms with Gasteiger partial charge in [-0.15, -0.1) is 0 Å². The summed E-state index contributed by atoms with van der Waals surface area (Å²) in [6.45, 7) is 13.5. The van der Waals surface area contributed by atoms with Gasteiger partial charge in [-0.3, -0.25) is 0 Å². The molecular weight excluding hydrogens is 442 g/mol. The number of aliphatic hydroxyl groups is 2. The molecule has 7 heteroatoms. The zero-order valence-electron chi connectivity index (χ0n) is 22.0. The molecule has 0 radical (unpaired) electrons. The van der Waals surface area contributed by atoms with Crippen molar-refractivity contribution in [1.82, 2.24) is 10.6 Å². The average molecular weight is 488 g/mol. The summed E-state index contributed by atoms with van der Waals surface area (Å²) in [5.74, 6) is 2.01. The van der Waals surface area contributed by atoms with Gasteiger partial charge in [0.05, 0.1) is 0 Å². The standard InChI is InChI=1S/C28H45N3O4/c1-20(2)14-30-16-24(32)18-34-26-10-6-22(7-11-26)28(4,5)23-8-12-27(13-9-23)35-19-25(33)17-31-15-21(3)29/h6-13,20-21,24-25,30-33H,14-19,29H2,1-5H3. The van der Waals surface area contributed by atoms with E-state index in [4.69, 9.17) is 15.2 Å². The predicted octanol–water partition coefficient (Wildman–Crippen LogP) is 2.67. The summed E-state index contributed by atoms with van der Waals surface area (Å²) in [4.78, 5) is 0. The summed E-state index contributed by atoms with van der Waals surface area (Å²) in [5, 5.41) is 26.5. The van der Waals surface area contributed by atoms with Crippen LogP contribution in [-0.2, 0) is 5.41 Å². The highest BCUT2D eigenvalue weighted by Crippen LogP contribution is 2.33. The first-order valence-electron chi connectivity index (χ1n) is 12.6. The summed E-state index contributed by atoms with van der Waals surface area (Å²) in [5.41, 5.74) is 7.80. The van der Waals surface area contributed by atoms with Gasteiger partial charge in [-0.25, -0.2) is 0 Å². The third-order valence-corrected chi connectivity index (χ3v) is 5.82. The van der Waals surface area contributed by atoms with Crippen molar-refractivity contribution >= 4 is 0 Å². The highest BCUT2D eigenvalue weighted by Gasteiger charge is 2.23. The molecule has 3 unspecified atom stereocenters. The second-order valence-corrected chi connectivity index (χ2v) is 10.3. The number of ether oxygens (including phenoxy) is 2. The Balaban J connectivity index is 1.85. The Morgan fingerprint density at radius 1 is 0.714 bits per heavy atom. The summed E-state index contributed by atoms with van der Waals surface area (Å²) in [7, 11) is 0. The lowest BCUT2D eigenvalue weighted by Crippen LogP contribution is -2.37. The van der Waals surface area contributed by atoms with E-state index >= 15 is 0 Å². The SMILES string of the molecule is CC(C)CNCC(O)COc1ccc(C(C)(C)c2ccc(OCC(O)CNCC(C)N)cc2)cc1. The van der Waals surface area contributed by atoms with Crippen LogP contribution in [0, 0.1) is 5.92 Å². The topological polar surface area (TPSA) is 109 Å². The normalized spacial score (nSPS) is 14.5. The quantitative estimate of drug-likeness (QED) is 0.248. The van der Waals surface area contributed by atoms with E-state index in [2.05, 4.69) is 62.6 Å². The van der Waals surface area contributed by atoms with Crippen LogP contribution < -0.4 is 25.8 Å². The second kappa shape index (κ2) is 14.4. The van der Waals surface area contributed by atoms with E-state index in [1.165, 1.54) is 0 Å². The Morgan fingerprint density at radius 2 is 1.11 bits per heavy atom. The van der Waals surface area contributed by atoms with Crippen molar-refractivity contribution < 1.29 is 19.7 Å². The van der Waals surface area contributed by atoms with Crippen LogP contribution in [0.3, 0.4) is 0 Å². The van der Waals surface area contributed by atoms with Gasteiger partial charge < -0.3 is 36.1 Å². The highest BCUT2D eigenvalue weighted by molar-refractivity contribution is 5.41. The Labute approximate surface area is 211 Å². The summed E-state index contributed by atoms with van der Waals surface area (Å²) >= 11 is 0. The van der Waals surface area contributed by atoms with Gasteiger partial charge in [0.15, 0.2) is 0 Å². The van der Waals surface area contributed by atoms with E-state index in [0.717, 1.165) is 29.2 Å². The fourth-order valence-corrected chi connectivity index (χ4v) is 3.62. The molecule has 2 rings (SSSR count). The molecule has 6 N–H and O–H groups in total. The van der Waals surface area contributed by atoms with Crippen molar-refractivity contribution in [3.05, 3.63) is 59.7 Å². The molecule has 196 valence electrons. The van der Waals surface area contributed by atoms with Gasteiger partial charge in [-0.2, -0.15) is 0 Å². The molecule has 0 aliphatic heterocycles. The van der Waals surface area contributed by atoms with Gasteiger partial charge in [0, 0.05) is 31.1 Å². The van der Waals surface area contributed by atoms with E-state index in [0.29, 0.717) is 25.6 Å². The number of aliphatic hydroxyl groups excluding tert-OH is 2. The molecule has 2 aromatic rings. The first-order chi connectivity index (χ1) is 16.6. The van der Waals surface area contributed by atoms with E-state index in [-0.39, 0.29) is 24.7 Å². The zero-order chi connectivity index (χ0) is 25.8. The molecule has 0 saturated carbocycles. The maximum atomic E-state index is 10.1. The Morgan fingerprint density at radius 3 is 1.49 bits per heavy atom. The molecule has 7 nitrogen and oxygen atoms in total. The van der Waals surface area contributed by atoms with Crippen LogP contribution in [0.1, 0.15) is 45.7 Å². The Kier molecular flexibility index (Phi) is 12.0. The van der Waals surface area contributed by atoms with E-state index < -0.39 is 12.2 Å². The van der Waals surface area contributed by atoms with Crippen molar-refractivity contribution in [2.24, 2.45) is 11.7 Å². The first-order valence-corrected chi connectivity index (χ1v) is 12.6. The maximum absolute atomic E-state index is 10.1. The molecule has 0 spiro atoms. The van der Waals surface area contributed by atoms with Gasteiger partial charge in [0.1, 0.15) is 36.9 Å². The highest BCUT2D eigenvalue weighted by atomic mass is 16.5. The van der Waals surface area contributed by atoms with Gasteiger partial charge in [0.25, 0.3) is 0 Å². The van der Waals surface area contributed by atoms with E-state index in [1.54, 1.807) is 0 Å². The van der Waals surface area contributed by atoms with Gasteiger partial charge in [0.2, 0.25) is 0 Å². The van der Waals surface area contributed by atoms with Crippen molar-refractivity contribution in [2.75, 3.05) is 39.4 Å². The maximum Gasteiger partial charge on any atom is 0.119 e. The monoisotopic (exact) mass is 487 g/mol. The molecule has 0 fully saturated rings. The number of hydrogen-bond acceptors (Lipinski definition) is 7. The summed E-state index contributed by atoms with van der Waals surface area (Å²) < 4.78 is 11.5. The Hall–Kier alpha value is -2.16. The summed E-state index contributed by atoms with van der Waals surface area (Å²) in [6.07, 6.45) is -1.14. The average Bonchev–Trinajstić information content (AvgIpc) is 2.81. The van der Waals surface area contributed by atoms with Crippen LogP contribution in [0.2, 0.25) is 0 Å². The minimum Gasteiger partial charge on any atom is -0.491 e. The molecule has 0 aromatic heterocycles. The van der Waals surface area contributed by atoms with Crippen LogP contribution in [0.15, 0.2) is 48.5 Å². The van der Waals surface area contributed by atoms with Crippen LogP contribution >= 0.6 is 0 Å². The second-order valence-electron chi connectivity index (χ2n) is 10.3. The van der Waals surface area contributed by atoms with Crippen LogP contribution in [0.5, 0.6) is 11.5 Å². The molecule has 35 heavy (non-hydrogen) atoms. The molecule has 0 saturated heterocycles. The van der Waals surface area contributed by atoms with Crippen LogP contribution in [-0.4, -0.2) is 67.9 Å². The summed E-state index contributed by atoms with van der Waals surface area (Å²) in [6, 6.07) is 16.1. The lowest BCUT2D eigenvalue weighted by Gasteiger charge is -2.26. The number of rotatable bonds is 16. The van der Waals surface area contributed by atoms with Crippen molar-refractivity contribution in [3.63, 3.8) is 0 Å². The molecule has 0 heterocycles. The minimum atomic E-state index is -0.594. The lowest BCUT2D eigenvalue weighted by molar-refractivity contribution is 0.106. The first kappa shape index (κ1) is 29.1. The minimum absolute atomic E-state index is 0.0533. The predicted molar refractivity (Wildman–Crippen MR) is 142 cm³/mol. The lowest BCUT2D eigenvalue weighted by atomic mass is 9.78. The molecule has 2 aromatic carbocycles. The van der Waals surface area contributed by atoms with E-state index in [9.17, 15) is 10.2 Å². The smallest absolute Gasteiger partial charge is 0.119 e. The Bertz CT molecular complexity index is 769. The van der Waals surface area contributed by atoms with Gasteiger partial charge in [-0.05, 0) is 54.8 Å². The number of hydrogen-bond donors (Lipinski definition) is 5. The number of nitrogens with one attached hydrogen (secondary N) is 2. The van der Waals surface area contributed by atoms with Crippen LogP contribution in [0.25, 0.3) is 0 Å². The molecule has 3 atom stereocenters.